The third kappa shape index (κ3) is 2.65. The molecule has 1 aliphatic heterocycles. The molecule has 0 unspecified atom stereocenters. The molecular weight excluding hydrogens is 308 g/mol. The van der Waals surface area contributed by atoms with Crippen LogP contribution in [0.2, 0.25) is 5.02 Å². The molecule has 6 heteroatoms. The minimum atomic E-state index is -3.13. The Bertz CT molecular complexity index is 704. The van der Waals surface area contributed by atoms with E-state index in [0.29, 0.717) is 28.0 Å². The SMILES string of the molecule is CC1=Nc2ccc(Cl)cc2S(O)(O)N1Cc1ccccc1. The van der Waals surface area contributed by atoms with Crippen molar-refractivity contribution in [3.05, 3.63) is 59.1 Å². The molecule has 0 saturated carbocycles. The van der Waals surface area contributed by atoms with Gasteiger partial charge in [0.05, 0.1) is 12.2 Å². The first-order valence-electron chi connectivity index (χ1n) is 6.43. The number of rotatable bonds is 2. The van der Waals surface area contributed by atoms with Crippen molar-refractivity contribution in [3.8, 4) is 0 Å². The maximum atomic E-state index is 10.7. The Balaban J connectivity index is 2.03. The molecule has 0 fully saturated rings. The van der Waals surface area contributed by atoms with E-state index in [-0.39, 0.29) is 0 Å². The summed E-state index contributed by atoms with van der Waals surface area (Å²) in [5, 5.41) is 0.461. The number of halogens is 1. The monoisotopic (exact) mass is 322 g/mol. The molecule has 0 spiro atoms. The summed E-state index contributed by atoms with van der Waals surface area (Å²) in [6, 6.07) is 14.6. The third-order valence-electron chi connectivity index (χ3n) is 3.34. The summed E-state index contributed by atoms with van der Waals surface area (Å²) < 4.78 is 22.9. The highest BCUT2D eigenvalue weighted by molar-refractivity contribution is 8.22. The Kier molecular flexibility index (Phi) is 3.67. The molecule has 0 bridgehead atoms. The molecule has 0 amide bonds. The Morgan fingerprint density at radius 2 is 1.86 bits per heavy atom. The van der Waals surface area contributed by atoms with Crippen LogP contribution in [-0.2, 0) is 6.54 Å². The molecule has 2 aromatic carbocycles. The lowest BCUT2D eigenvalue weighted by molar-refractivity contribution is 0.412. The number of hydrogen-bond acceptors (Lipinski definition) is 4. The van der Waals surface area contributed by atoms with Crippen molar-refractivity contribution >= 4 is 33.9 Å². The van der Waals surface area contributed by atoms with E-state index in [4.69, 9.17) is 11.6 Å². The highest BCUT2D eigenvalue weighted by Gasteiger charge is 2.32. The summed E-state index contributed by atoms with van der Waals surface area (Å²) in [4.78, 5) is 4.82. The number of hydrogen-bond donors (Lipinski definition) is 2. The molecular formula is C15H15ClN2O2S. The molecule has 0 radical (unpaired) electrons. The molecule has 1 aliphatic rings. The zero-order chi connectivity index (χ0) is 15.0. The van der Waals surface area contributed by atoms with Crippen LogP contribution < -0.4 is 0 Å². The number of benzene rings is 2. The van der Waals surface area contributed by atoms with Crippen molar-refractivity contribution in [1.29, 1.82) is 0 Å². The van der Waals surface area contributed by atoms with Gasteiger partial charge < -0.3 is 0 Å². The van der Waals surface area contributed by atoms with E-state index in [0.717, 1.165) is 5.56 Å². The van der Waals surface area contributed by atoms with Gasteiger partial charge in [-0.2, -0.15) is 0 Å². The van der Waals surface area contributed by atoms with E-state index in [9.17, 15) is 9.11 Å². The Labute approximate surface area is 130 Å². The van der Waals surface area contributed by atoms with Gasteiger partial charge in [-0.1, -0.05) is 52.7 Å². The largest absolute Gasteiger partial charge is 0.277 e. The van der Waals surface area contributed by atoms with Gasteiger partial charge in [-0.25, -0.2) is 9.30 Å². The first-order chi connectivity index (χ1) is 9.98. The van der Waals surface area contributed by atoms with Crippen LogP contribution in [0.4, 0.5) is 5.69 Å². The molecule has 0 atom stereocenters. The lowest BCUT2D eigenvalue weighted by atomic mass is 10.2. The molecule has 110 valence electrons. The van der Waals surface area contributed by atoms with Gasteiger partial charge in [-0.15, -0.1) is 0 Å². The van der Waals surface area contributed by atoms with Crippen LogP contribution in [0, 0.1) is 0 Å². The quantitative estimate of drug-likeness (QED) is 0.824. The number of aliphatic imine (C=N–C) groups is 1. The van der Waals surface area contributed by atoms with Crippen LogP contribution in [0.5, 0.6) is 0 Å². The summed E-state index contributed by atoms with van der Waals surface area (Å²) in [5.41, 5.74) is 1.54. The molecule has 2 aromatic rings. The predicted octanol–water partition coefficient (Wildman–Crippen LogP) is 4.93. The lowest BCUT2D eigenvalue weighted by Gasteiger charge is -2.46. The zero-order valence-corrected chi connectivity index (χ0v) is 13.0. The smallest absolute Gasteiger partial charge is 0.121 e. The van der Waals surface area contributed by atoms with Crippen LogP contribution in [0.3, 0.4) is 0 Å². The Morgan fingerprint density at radius 3 is 2.57 bits per heavy atom. The van der Waals surface area contributed by atoms with Crippen LogP contribution in [0.15, 0.2) is 58.4 Å². The number of fused-ring (bicyclic) bond motifs is 1. The van der Waals surface area contributed by atoms with Crippen molar-refractivity contribution in [2.24, 2.45) is 4.99 Å². The number of nitrogens with zero attached hydrogens (tertiary/aromatic N) is 2. The van der Waals surface area contributed by atoms with Gasteiger partial charge in [0.25, 0.3) is 0 Å². The first kappa shape index (κ1) is 14.4. The van der Waals surface area contributed by atoms with E-state index < -0.39 is 10.8 Å². The van der Waals surface area contributed by atoms with E-state index in [1.54, 1.807) is 25.1 Å². The summed E-state index contributed by atoms with van der Waals surface area (Å²) in [6.45, 7) is 2.15. The van der Waals surface area contributed by atoms with Crippen molar-refractivity contribution < 1.29 is 9.11 Å². The van der Waals surface area contributed by atoms with Gasteiger partial charge in [-0.3, -0.25) is 9.11 Å². The van der Waals surface area contributed by atoms with Crippen molar-refractivity contribution in [2.75, 3.05) is 0 Å². The van der Waals surface area contributed by atoms with Gasteiger partial charge >= 0.3 is 0 Å². The fraction of sp³-hybridized carbons (Fsp3) is 0.133. The molecule has 2 N–H and O–H groups in total. The second kappa shape index (κ2) is 5.35. The Morgan fingerprint density at radius 1 is 1.14 bits per heavy atom. The van der Waals surface area contributed by atoms with Crippen LogP contribution >= 0.6 is 22.4 Å². The second-order valence-electron chi connectivity index (χ2n) is 4.81. The summed E-state index contributed by atoms with van der Waals surface area (Å²) in [7, 11) is -3.13. The van der Waals surface area contributed by atoms with Crippen LogP contribution in [0.25, 0.3) is 0 Å². The van der Waals surface area contributed by atoms with E-state index in [1.165, 1.54) is 4.31 Å². The lowest BCUT2D eigenvalue weighted by Crippen LogP contribution is -2.33. The first-order valence-corrected chi connectivity index (χ1v) is 8.31. The Hall–Kier alpha value is -1.53. The summed E-state index contributed by atoms with van der Waals surface area (Å²) in [6.07, 6.45) is 0. The molecule has 0 aromatic heterocycles. The van der Waals surface area contributed by atoms with Crippen molar-refractivity contribution in [3.63, 3.8) is 0 Å². The minimum absolute atomic E-state index is 0.372. The molecule has 1 heterocycles. The zero-order valence-electron chi connectivity index (χ0n) is 11.4. The number of amidine groups is 1. The molecule has 21 heavy (non-hydrogen) atoms. The highest BCUT2D eigenvalue weighted by Crippen LogP contribution is 2.58. The van der Waals surface area contributed by atoms with Gasteiger partial charge in [0, 0.05) is 5.02 Å². The van der Waals surface area contributed by atoms with Gasteiger partial charge in [0.1, 0.15) is 10.7 Å². The maximum absolute atomic E-state index is 10.7. The summed E-state index contributed by atoms with van der Waals surface area (Å²) >= 11 is 5.97. The van der Waals surface area contributed by atoms with Gasteiger partial charge in [0.2, 0.25) is 0 Å². The van der Waals surface area contributed by atoms with Gasteiger partial charge in [0.15, 0.2) is 0 Å². The van der Waals surface area contributed by atoms with Crippen molar-refractivity contribution in [1.82, 2.24) is 4.31 Å². The average Bonchev–Trinajstić information content (AvgIpc) is 2.46. The van der Waals surface area contributed by atoms with Gasteiger partial charge in [-0.05, 0) is 30.7 Å². The minimum Gasteiger partial charge on any atom is -0.277 e. The van der Waals surface area contributed by atoms with E-state index in [2.05, 4.69) is 4.99 Å². The van der Waals surface area contributed by atoms with Crippen LogP contribution in [-0.4, -0.2) is 19.2 Å². The average molecular weight is 323 g/mol. The van der Waals surface area contributed by atoms with E-state index >= 15 is 0 Å². The summed E-state index contributed by atoms with van der Waals surface area (Å²) in [5.74, 6) is 0.577. The topological polar surface area (TPSA) is 56.1 Å². The second-order valence-corrected chi connectivity index (χ2v) is 7.17. The molecule has 0 saturated heterocycles. The standard InChI is InChI=1S/C15H15ClN2O2S/c1-11-17-14-8-7-13(16)9-15(14)21(19,20)18(11)10-12-5-3-2-4-6-12/h2-9,19-20H,10H2,1H3. The third-order valence-corrected chi connectivity index (χ3v) is 5.50. The maximum Gasteiger partial charge on any atom is 0.121 e. The van der Waals surface area contributed by atoms with Crippen molar-refractivity contribution in [2.45, 2.75) is 18.4 Å². The molecule has 4 nitrogen and oxygen atoms in total. The molecule has 0 aliphatic carbocycles. The van der Waals surface area contributed by atoms with E-state index in [1.807, 2.05) is 30.3 Å². The fourth-order valence-corrected chi connectivity index (χ4v) is 4.18. The highest BCUT2D eigenvalue weighted by atomic mass is 35.5. The predicted molar refractivity (Wildman–Crippen MR) is 87.3 cm³/mol. The molecule has 3 rings (SSSR count). The normalized spacial score (nSPS) is 17.9. The fourth-order valence-electron chi connectivity index (χ4n) is 2.29. The van der Waals surface area contributed by atoms with Crippen LogP contribution in [0.1, 0.15) is 12.5 Å².